The van der Waals surface area contributed by atoms with Crippen LogP contribution in [0.25, 0.3) is 0 Å². The van der Waals surface area contributed by atoms with E-state index < -0.39 is 23.6 Å². The van der Waals surface area contributed by atoms with E-state index in [0.717, 1.165) is 0 Å². The number of amides is 1. The summed E-state index contributed by atoms with van der Waals surface area (Å²) < 4.78 is 9.77. The Morgan fingerprint density at radius 2 is 1.60 bits per heavy atom. The van der Waals surface area contributed by atoms with Gasteiger partial charge in [-0.05, 0) is 33.6 Å². The highest BCUT2D eigenvalue weighted by atomic mass is 16.6. The average Bonchev–Trinajstić information content (AvgIpc) is 2.26. The normalized spacial score (nSPS) is 10.8. The Bertz CT molecular complexity index is 346. The Hall–Kier alpha value is -1.59. The van der Waals surface area contributed by atoms with Crippen molar-refractivity contribution >= 4 is 18.0 Å². The van der Waals surface area contributed by atoms with Gasteiger partial charge in [0.25, 0.3) is 0 Å². The summed E-state index contributed by atoms with van der Waals surface area (Å²) in [6, 6.07) is 0. The molecule has 0 aliphatic carbocycles. The molecule has 0 radical (unpaired) electrons. The molecule has 20 heavy (non-hydrogen) atoms. The predicted molar refractivity (Wildman–Crippen MR) is 74.1 cm³/mol. The van der Waals surface area contributed by atoms with Crippen LogP contribution in [0.15, 0.2) is 0 Å². The third-order valence-electron chi connectivity index (χ3n) is 2.26. The number of ether oxygens (including phenoxy) is 2. The molecule has 0 unspecified atom stereocenters. The first-order valence-corrected chi connectivity index (χ1v) is 6.83. The minimum atomic E-state index is -0.555. The van der Waals surface area contributed by atoms with Gasteiger partial charge in [-0.2, -0.15) is 0 Å². The smallest absolute Gasteiger partial charge is 0.410 e. The van der Waals surface area contributed by atoms with Crippen molar-refractivity contribution in [2.24, 2.45) is 0 Å². The molecule has 0 aromatic heterocycles. The lowest BCUT2D eigenvalue weighted by Gasteiger charge is -2.24. The van der Waals surface area contributed by atoms with Gasteiger partial charge in [0.15, 0.2) is 0 Å². The fraction of sp³-hybridized carbons (Fsp3) is 0.786. The Morgan fingerprint density at radius 1 is 1.05 bits per heavy atom. The summed E-state index contributed by atoms with van der Waals surface area (Å²) in [7, 11) is 1.60. The number of nitrogens with zero attached hydrogens (tertiary/aromatic N) is 1. The summed E-state index contributed by atoms with van der Waals surface area (Å²) in [6.07, 6.45) is 0.973. The molecule has 0 aliphatic rings. The van der Waals surface area contributed by atoms with E-state index in [0.29, 0.717) is 19.4 Å². The maximum absolute atomic E-state index is 11.6. The summed E-state index contributed by atoms with van der Waals surface area (Å²) >= 11 is 0. The van der Waals surface area contributed by atoms with E-state index in [-0.39, 0.29) is 12.8 Å². The van der Waals surface area contributed by atoms with Crippen LogP contribution in [0.1, 0.15) is 53.4 Å². The van der Waals surface area contributed by atoms with Gasteiger partial charge in [0, 0.05) is 26.4 Å². The van der Waals surface area contributed by atoms with Gasteiger partial charge in [0.2, 0.25) is 0 Å². The van der Waals surface area contributed by atoms with E-state index >= 15 is 0 Å². The number of esters is 2. The lowest BCUT2D eigenvalue weighted by atomic mass is 10.2. The molecule has 0 spiro atoms. The van der Waals surface area contributed by atoms with Crippen LogP contribution in [0, 0.1) is 0 Å². The average molecular weight is 287 g/mol. The minimum Gasteiger partial charge on any atom is -0.444 e. The van der Waals surface area contributed by atoms with Crippen LogP contribution in [-0.4, -0.2) is 42.1 Å². The molecule has 0 saturated heterocycles. The van der Waals surface area contributed by atoms with Crippen molar-refractivity contribution in [3.63, 3.8) is 0 Å². The summed E-state index contributed by atoms with van der Waals surface area (Å²) in [5.74, 6) is -1.06. The number of carbonyl (C=O) groups excluding carboxylic acids is 3. The van der Waals surface area contributed by atoms with Crippen molar-refractivity contribution in [2.45, 2.75) is 59.0 Å². The van der Waals surface area contributed by atoms with Gasteiger partial charge in [-0.1, -0.05) is 6.92 Å². The first-order valence-electron chi connectivity index (χ1n) is 6.83. The molecule has 116 valence electrons. The van der Waals surface area contributed by atoms with Crippen LogP contribution in [0.4, 0.5) is 4.79 Å². The van der Waals surface area contributed by atoms with Gasteiger partial charge in [-0.25, -0.2) is 4.79 Å². The Morgan fingerprint density at radius 3 is 2.10 bits per heavy atom. The molecular formula is C14H25NO5. The summed E-state index contributed by atoms with van der Waals surface area (Å²) in [5, 5.41) is 0. The van der Waals surface area contributed by atoms with Crippen molar-refractivity contribution in [1.29, 1.82) is 0 Å². The minimum absolute atomic E-state index is 0.0998. The van der Waals surface area contributed by atoms with E-state index in [2.05, 4.69) is 4.74 Å². The topological polar surface area (TPSA) is 72.9 Å². The highest BCUT2D eigenvalue weighted by Gasteiger charge is 2.19. The highest BCUT2D eigenvalue weighted by molar-refractivity contribution is 5.85. The third-order valence-corrected chi connectivity index (χ3v) is 2.26. The Kier molecular flexibility index (Phi) is 7.87. The summed E-state index contributed by atoms with van der Waals surface area (Å²) in [4.78, 5) is 35.4. The maximum Gasteiger partial charge on any atom is 0.410 e. The molecule has 0 aromatic rings. The second kappa shape index (κ2) is 8.55. The van der Waals surface area contributed by atoms with Crippen molar-refractivity contribution in [1.82, 2.24) is 4.90 Å². The Labute approximate surface area is 120 Å². The van der Waals surface area contributed by atoms with E-state index in [1.54, 1.807) is 27.8 Å². The van der Waals surface area contributed by atoms with Crippen LogP contribution in [0.5, 0.6) is 0 Å². The summed E-state index contributed by atoms with van der Waals surface area (Å²) in [5.41, 5.74) is -0.545. The highest BCUT2D eigenvalue weighted by Crippen LogP contribution is 2.09. The van der Waals surface area contributed by atoms with Gasteiger partial charge in [-0.3, -0.25) is 9.59 Å². The zero-order chi connectivity index (χ0) is 15.8. The SMILES string of the molecule is CCCC(=O)OC(=O)CCCN(C)C(=O)OC(C)(C)C. The largest absolute Gasteiger partial charge is 0.444 e. The lowest BCUT2D eigenvalue weighted by Crippen LogP contribution is -2.34. The summed E-state index contributed by atoms with van der Waals surface area (Å²) in [6.45, 7) is 7.56. The van der Waals surface area contributed by atoms with Crippen LogP contribution >= 0.6 is 0 Å². The second-order valence-corrected chi connectivity index (χ2v) is 5.60. The molecule has 6 heteroatoms. The van der Waals surface area contributed by atoms with Crippen molar-refractivity contribution in [2.75, 3.05) is 13.6 Å². The molecule has 0 atom stereocenters. The molecule has 6 nitrogen and oxygen atoms in total. The number of rotatable bonds is 6. The lowest BCUT2D eigenvalue weighted by molar-refractivity contribution is -0.159. The van der Waals surface area contributed by atoms with Gasteiger partial charge in [0.05, 0.1) is 0 Å². The van der Waals surface area contributed by atoms with Crippen LogP contribution < -0.4 is 0 Å². The van der Waals surface area contributed by atoms with Gasteiger partial charge < -0.3 is 14.4 Å². The van der Waals surface area contributed by atoms with Crippen molar-refractivity contribution in [3.05, 3.63) is 0 Å². The fourth-order valence-corrected chi connectivity index (χ4v) is 1.32. The quantitative estimate of drug-likeness (QED) is 0.554. The molecule has 0 bridgehead atoms. The van der Waals surface area contributed by atoms with Crippen LogP contribution in [0.3, 0.4) is 0 Å². The third kappa shape index (κ3) is 9.35. The molecule has 0 rings (SSSR count). The monoisotopic (exact) mass is 287 g/mol. The number of carbonyl (C=O) groups is 3. The van der Waals surface area contributed by atoms with Crippen LogP contribution in [-0.2, 0) is 19.1 Å². The molecule has 0 fully saturated rings. The Balaban J connectivity index is 3.91. The molecule has 0 N–H and O–H groups in total. The maximum atomic E-state index is 11.6. The van der Waals surface area contributed by atoms with E-state index in [4.69, 9.17) is 4.74 Å². The molecule has 0 saturated carbocycles. The molecule has 1 amide bonds. The second-order valence-electron chi connectivity index (χ2n) is 5.60. The van der Waals surface area contributed by atoms with Gasteiger partial charge in [0.1, 0.15) is 5.60 Å². The van der Waals surface area contributed by atoms with Crippen LogP contribution in [0.2, 0.25) is 0 Å². The van der Waals surface area contributed by atoms with Gasteiger partial charge in [-0.15, -0.1) is 0 Å². The molecule has 0 aromatic carbocycles. The number of hydrogen-bond donors (Lipinski definition) is 0. The fourth-order valence-electron chi connectivity index (χ4n) is 1.32. The van der Waals surface area contributed by atoms with E-state index in [1.807, 2.05) is 6.92 Å². The predicted octanol–water partition coefficient (Wildman–Crippen LogP) is 2.50. The first-order chi connectivity index (χ1) is 9.15. The van der Waals surface area contributed by atoms with Gasteiger partial charge >= 0.3 is 18.0 Å². The molecule has 0 heterocycles. The van der Waals surface area contributed by atoms with Crippen molar-refractivity contribution in [3.8, 4) is 0 Å². The molecular weight excluding hydrogens is 262 g/mol. The number of hydrogen-bond acceptors (Lipinski definition) is 5. The zero-order valence-corrected chi connectivity index (χ0v) is 13.0. The molecule has 0 aliphatic heterocycles. The van der Waals surface area contributed by atoms with Crippen molar-refractivity contribution < 1.29 is 23.9 Å². The standard InChI is InChI=1S/C14H25NO5/c1-6-8-11(16)19-12(17)9-7-10-15(5)13(18)20-14(2,3)4/h6-10H2,1-5H3. The van der Waals surface area contributed by atoms with E-state index in [1.165, 1.54) is 4.90 Å². The first kappa shape index (κ1) is 18.4. The van der Waals surface area contributed by atoms with E-state index in [9.17, 15) is 14.4 Å². The zero-order valence-electron chi connectivity index (χ0n) is 13.0.